The monoisotopic (exact) mass is 388 g/mol. The summed E-state index contributed by atoms with van der Waals surface area (Å²) in [7, 11) is 0. The van der Waals surface area contributed by atoms with Crippen LogP contribution in [0.5, 0.6) is 0 Å². The maximum absolute atomic E-state index is 12.8. The van der Waals surface area contributed by atoms with E-state index >= 15 is 0 Å². The van der Waals surface area contributed by atoms with Crippen LogP contribution in [0.2, 0.25) is 0 Å². The minimum Gasteiger partial charge on any atom is -0.345 e. The van der Waals surface area contributed by atoms with Crippen molar-refractivity contribution < 1.29 is 9.59 Å². The van der Waals surface area contributed by atoms with Gasteiger partial charge in [0, 0.05) is 18.7 Å². The van der Waals surface area contributed by atoms with Gasteiger partial charge in [-0.05, 0) is 24.3 Å². The van der Waals surface area contributed by atoms with Crippen LogP contribution >= 0.6 is 0 Å². The van der Waals surface area contributed by atoms with Gasteiger partial charge in [0.05, 0.1) is 17.6 Å². The average molecular weight is 388 g/mol. The Morgan fingerprint density at radius 1 is 1.00 bits per heavy atom. The molecule has 1 N–H and O–H groups in total. The molecule has 2 amide bonds. The van der Waals surface area contributed by atoms with E-state index in [0.717, 1.165) is 11.0 Å². The number of nitrogens with one attached hydrogen (secondary N) is 1. The molecule has 0 bridgehead atoms. The third-order valence-corrected chi connectivity index (χ3v) is 4.52. The minimum atomic E-state index is -0.185. The SMILES string of the molecule is C=CCN(CC=C)C(=O)Cn1c(CNC(=O)c2ccccc2)nc2ccccc21. The lowest BCUT2D eigenvalue weighted by Gasteiger charge is -2.20. The molecule has 0 aliphatic heterocycles. The normalized spacial score (nSPS) is 10.5. The number of amides is 2. The fourth-order valence-electron chi connectivity index (χ4n) is 3.11. The predicted molar refractivity (Wildman–Crippen MR) is 114 cm³/mol. The number of carbonyl (C=O) groups excluding carboxylic acids is 2. The molecule has 0 aliphatic rings. The molecule has 29 heavy (non-hydrogen) atoms. The van der Waals surface area contributed by atoms with E-state index in [1.165, 1.54) is 0 Å². The van der Waals surface area contributed by atoms with E-state index in [0.29, 0.717) is 24.5 Å². The number of imidazole rings is 1. The fraction of sp³-hybridized carbons (Fsp3) is 0.174. The maximum atomic E-state index is 12.8. The number of hydrogen-bond donors (Lipinski definition) is 1. The van der Waals surface area contributed by atoms with Crippen LogP contribution in [0.4, 0.5) is 0 Å². The quantitative estimate of drug-likeness (QED) is 0.573. The van der Waals surface area contributed by atoms with Gasteiger partial charge in [-0.2, -0.15) is 0 Å². The summed E-state index contributed by atoms with van der Waals surface area (Å²) in [6, 6.07) is 16.6. The predicted octanol–water partition coefficient (Wildman–Crippen LogP) is 3.17. The van der Waals surface area contributed by atoms with Crippen LogP contribution in [0.1, 0.15) is 16.2 Å². The van der Waals surface area contributed by atoms with Crippen LogP contribution in [-0.4, -0.2) is 39.4 Å². The zero-order valence-electron chi connectivity index (χ0n) is 16.3. The highest BCUT2D eigenvalue weighted by Gasteiger charge is 2.17. The zero-order chi connectivity index (χ0) is 20.6. The molecule has 1 aromatic heterocycles. The van der Waals surface area contributed by atoms with Gasteiger partial charge in [-0.1, -0.05) is 42.5 Å². The van der Waals surface area contributed by atoms with Gasteiger partial charge in [0.1, 0.15) is 12.4 Å². The summed E-state index contributed by atoms with van der Waals surface area (Å²) < 4.78 is 1.85. The number of nitrogens with zero attached hydrogens (tertiary/aromatic N) is 3. The van der Waals surface area contributed by atoms with Crippen molar-refractivity contribution in [3.8, 4) is 0 Å². The Morgan fingerprint density at radius 3 is 2.34 bits per heavy atom. The second-order valence-corrected chi connectivity index (χ2v) is 6.53. The highest BCUT2D eigenvalue weighted by Crippen LogP contribution is 2.17. The van der Waals surface area contributed by atoms with Crippen LogP contribution < -0.4 is 5.32 Å². The summed E-state index contributed by atoms with van der Waals surface area (Å²) in [6.45, 7) is 8.65. The summed E-state index contributed by atoms with van der Waals surface area (Å²) >= 11 is 0. The first-order valence-electron chi connectivity index (χ1n) is 9.41. The van der Waals surface area contributed by atoms with Gasteiger partial charge in [0.2, 0.25) is 5.91 Å². The molecule has 3 aromatic rings. The van der Waals surface area contributed by atoms with Crippen molar-refractivity contribution in [2.24, 2.45) is 0 Å². The summed E-state index contributed by atoms with van der Waals surface area (Å²) in [5.74, 6) is 0.375. The first kappa shape index (κ1) is 20.1. The van der Waals surface area contributed by atoms with Crippen molar-refractivity contribution in [2.45, 2.75) is 13.1 Å². The Bertz CT molecular complexity index is 1010. The number of hydrogen-bond acceptors (Lipinski definition) is 3. The molecule has 2 aromatic carbocycles. The van der Waals surface area contributed by atoms with Crippen LogP contribution in [0.15, 0.2) is 79.9 Å². The molecule has 1 heterocycles. The lowest BCUT2D eigenvalue weighted by Crippen LogP contribution is -2.35. The standard InChI is InChI=1S/C23H24N4O2/c1-3-14-26(15-4-2)22(28)17-27-20-13-9-8-12-19(20)25-21(27)16-24-23(29)18-10-6-5-7-11-18/h3-13H,1-2,14-17H2,(H,24,29). The van der Waals surface area contributed by atoms with Crippen LogP contribution in [0.3, 0.4) is 0 Å². The summed E-state index contributed by atoms with van der Waals surface area (Å²) in [6.07, 6.45) is 3.38. The van der Waals surface area contributed by atoms with Crippen molar-refractivity contribution >= 4 is 22.8 Å². The van der Waals surface area contributed by atoms with Gasteiger partial charge in [0.25, 0.3) is 5.91 Å². The lowest BCUT2D eigenvalue weighted by atomic mass is 10.2. The van der Waals surface area contributed by atoms with E-state index in [4.69, 9.17) is 0 Å². The Kier molecular flexibility index (Phi) is 6.58. The van der Waals surface area contributed by atoms with Gasteiger partial charge >= 0.3 is 0 Å². The first-order chi connectivity index (χ1) is 14.1. The molecule has 0 spiro atoms. The van der Waals surface area contributed by atoms with Crippen LogP contribution in [0.25, 0.3) is 11.0 Å². The second-order valence-electron chi connectivity index (χ2n) is 6.53. The summed E-state index contributed by atoms with van der Waals surface area (Å²) in [5, 5.41) is 2.89. The average Bonchev–Trinajstić information content (AvgIpc) is 3.10. The largest absolute Gasteiger partial charge is 0.345 e. The van der Waals surface area contributed by atoms with Gasteiger partial charge in [-0.15, -0.1) is 13.2 Å². The molecule has 0 aliphatic carbocycles. The Morgan fingerprint density at radius 2 is 1.66 bits per heavy atom. The lowest BCUT2D eigenvalue weighted by molar-refractivity contribution is -0.130. The van der Waals surface area contributed by atoms with E-state index in [9.17, 15) is 9.59 Å². The van der Waals surface area contributed by atoms with Gasteiger partial charge in [0.15, 0.2) is 0 Å². The van der Waals surface area contributed by atoms with Crippen molar-refractivity contribution in [2.75, 3.05) is 13.1 Å². The molecular weight excluding hydrogens is 364 g/mol. The number of carbonyl (C=O) groups is 2. The van der Waals surface area contributed by atoms with Gasteiger partial charge in [-0.25, -0.2) is 4.98 Å². The molecule has 0 fully saturated rings. The van der Waals surface area contributed by atoms with Crippen molar-refractivity contribution in [3.63, 3.8) is 0 Å². The number of rotatable bonds is 9. The molecule has 0 saturated heterocycles. The minimum absolute atomic E-state index is 0.0661. The van der Waals surface area contributed by atoms with E-state index < -0.39 is 0 Å². The first-order valence-corrected chi connectivity index (χ1v) is 9.41. The summed E-state index contributed by atoms with van der Waals surface area (Å²) in [4.78, 5) is 31.5. The Labute approximate surface area is 170 Å². The van der Waals surface area contributed by atoms with Gasteiger partial charge in [-0.3, -0.25) is 9.59 Å². The maximum Gasteiger partial charge on any atom is 0.251 e. The smallest absolute Gasteiger partial charge is 0.251 e. The summed E-state index contributed by atoms with van der Waals surface area (Å²) in [5.41, 5.74) is 2.21. The Hall–Kier alpha value is -3.67. The highest BCUT2D eigenvalue weighted by atomic mass is 16.2. The molecule has 6 nitrogen and oxygen atoms in total. The van der Waals surface area contributed by atoms with Crippen molar-refractivity contribution in [1.29, 1.82) is 0 Å². The molecule has 148 valence electrons. The number of para-hydroxylation sites is 2. The molecular formula is C23H24N4O2. The van der Waals surface area contributed by atoms with E-state index in [1.54, 1.807) is 29.2 Å². The molecule has 0 radical (unpaired) electrons. The van der Waals surface area contributed by atoms with Crippen molar-refractivity contribution in [1.82, 2.24) is 19.8 Å². The second kappa shape index (κ2) is 9.50. The van der Waals surface area contributed by atoms with E-state index in [1.807, 2.05) is 47.0 Å². The zero-order valence-corrected chi connectivity index (χ0v) is 16.3. The number of fused-ring (bicyclic) bond motifs is 1. The van der Waals surface area contributed by atoms with Crippen molar-refractivity contribution in [3.05, 3.63) is 91.3 Å². The molecule has 0 saturated carbocycles. The van der Waals surface area contributed by atoms with Crippen LogP contribution in [0, 0.1) is 0 Å². The molecule has 0 unspecified atom stereocenters. The van der Waals surface area contributed by atoms with E-state index in [2.05, 4.69) is 23.5 Å². The molecule has 3 rings (SSSR count). The number of benzene rings is 2. The topological polar surface area (TPSA) is 67.2 Å². The van der Waals surface area contributed by atoms with E-state index in [-0.39, 0.29) is 24.9 Å². The van der Waals surface area contributed by atoms with Gasteiger partial charge < -0.3 is 14.8 Å². The Balaban J connectivity index is 1.84. The fourth-order valence-corrected chi connectivity index (χ4v) is 3.11. The van der Waals surface area contributed by atoms with Crippen LogP contribution in [-0.2, 0) is 17.9 Å². The third-order valence-electron chi connectivity index (χ3n) is 4.52. The highest BCUT2D eigenvalue weighted by molar-refractivity contribution is 5.94. The third kappa shape index (κ3) is 4.79. The molecule has 0 atom stereocenters. The number of aromatic nitrogens is 2. The molecule has 6 heteroatoms.